The van der Waals surface area contributed by atoms with Crippen molar-refractivity contribution in [1.82, 2.24) is 0 Å². The van der Waals surface area contributed by atoms with Gasteiger partial charge in [-0.25, -0.2) is 4.79 Å². The van der Waals surface area contributed by atoms with Gasteiger partial charge in [0.25, 0.3) is 5.69 Å². The number of carbonyl (C=O) groups excluding carboxylic acids is 1. The van der Waals surface area contributed by atoms with Gasteiger partial charge in [0, 0.05) is 44.6 Å². The highest BCUT2D eigenvalue weighted by Crippen LogP contribution is 2.40. The highest BCUT2D eigenvalue weighted by molar-refractivity contribution is 5.89. The van der Waals surface area contributed by atoms with Crippen molar-refractivity contribution in [2.75, 3.05) is 28.1 Å². The lowest BCUT2D eigenvalue weighted by Gasteiger charge is -2.50. The molecule has 0 heterocycles. The number of ether oxygens (including phenoxy) is 9. The van der Waals surface area contributed by atoms with Crippen LogP contribution in [0, 0.1) is 10.1 Å². The second-order valence-electron chi connectivity index (χ2n) is 13.4. The monoisotopic (exact) mass is 793 g/mol. The largest absolute Gasteiger partial charge is 0.453 e. The Morgan fingerprint density at radius 3 is 1.40 bits per heavy atom. The molecule has 1 fully saturated rings. The second kappa shape index (κ2) is 21.4. The van der Waals surface area contributed by atoms with Crippen LogP contribution in [0.15, 0.2) is 146 Å². The van der Waals surface area contributed by atoms with Gasteiger partial charge in [0.1, 0.15) is 37.3 Å². The molecule has 0 N–H and O–H groups in total. The van der Waals surface area contributed by atoms with Crippen LogP contribution in [-0.4, -0.2) is 75.6 Å². The summed E-state index contributed by atoms with van der Waals surface area (Å²) in [5.74, 6) is -0.802. The van der Waals surface area contributed by atoms with Gasteiger partial charge in [0.05, 0.1) is 23.7 Å². The normalized spacial score (nSPS) is 21.5. The van der Waals surface area contributed by atoms with Crippen LogP contribution < -0.4 is 0 Å². The van der Waals surface area contributed by atoms with Crippen LogP contribution in [0.25, 0.3) is 0 Å². The van der Waals surface area contributed by atoms with E-state index in [-0.39, 0.29) is 31.3 Å². The fourth-order valence-corrected chi connectivity index (χ4v) is 6.77. The Bertz CT molecular complexity index is 1970. The van der Waals surface area contributed by atoms with E-state index in [0.717, 1.165) is 11.1 Å². The molecule has 0 aliphatic heterocycles. The van der Waals surface area contributed by atoms with Gasteiger partial charge in [-0.2, -0.15) is 0 Å². The quantitative estimate of drug-likeness (QED) is 0.0329. The van der Waals surface area contributed by atoms with Gasteiger partial charge in [-0.3, -0.25) is 10.1 Å². The van der Waals surface area contributed by atoms with Crippen molar-refractivity contribution in [2.24, 2.45) is 0 Å². The van der Waals surface area contributed by atoms with E-state index in [0.29, 0.717) is 11.1 Å². The SMILES string of the molecule is COCO[C@@H]1[C@@H](OCc2ccccc2)[C@H](OCc2ccccc2)[C@@H](OC(OC)c2ccccc2)[C@H](OC(OC)c2ccccc2)[C@@H]1OC(=O)c1ccc([N+](=O)[O-])cc1. The first-order valence-electron chi connectivity index (χ1n) is 18.7. The number of rotatable bonds is 20. The van der Waals surface area contributed by atoms with Crippen LogP contribution in [0.3, 0.4) is 0 Å². The van der Waals surface area contributed by atoms with Gasteiger partial charge in [-0.05, 0) is 23.3 Å². The smallest absolute Gasteiger partial charge is 0.338 e. The summed E-state index contributed by atoms with van der Waals surface area (Å²) in [6.07, 6.45) is -8.53. The molecule has 13 heteroatoms. The minimum atomic E-state index is -1.28. The number of esters is 1. The predicted molar refractivity (Wildman–Crippen MR) is 211 cm³/mol. The molecule has 1 aliphatic carbocycles. The van der Waals surface area contributed by atoms with Crippen molar-refractivity contribution in [2.45, 2.75) is 62.4 Å². The molecule has 8 atom stereocenters. The van der Waals surface area contributed by atoms with Crippen LogP contribution in [0.1, 0.15) is 45.2 Å². The van der Waals surface area contributed by atoms with Crippen molar-refractivity contribution in [1.29, 1.82) is 0 Å². The molecule has 0 saturated heterocycles. The number of methoxy groups -OCH3 is 3. The number of hydrogen-bond acceptors (Lipinski definition) is 12. The molecular weight excluding hydrogens is 746 g/mol. The Morgan fingerprint density at radius 2 is 0.966 bits per heavy atom. The molecule has 1 aliphatic rings. The highest BCUT2D eigenvalue weighted by atomic mass is 16.7. The molecule has 0 radical (unpaired) electrons. The number of nitro groups is 1. The molecule has 5 aromatic rings. The maximum Gasteiger partial charge on any atom is 0.338 e. The number of nitrogens with zero attached hydrogens (tertiary/aromatic N) is 1. The van der Waals surface area contributed by atoms with E-state index in [1.807, 2.05) is 121 Å². The zero-order valence-electron chi connectivity index (χ0n) is 32.4. The molecule has 2 unspecified atom stereocenters. The zero-order valence-corrected chi connectivity index (χ0v) is 32.4. The average Bonchev–Trinajstić information content (AvgIpc) is 3.27. The molecule has 6 rings (SSSR count). The maximum absolute atomic E-state index is 14.2. The molecule has 0 spiro atoms. The Labute approximate surface area is 337 Å². The number of hydrogen-bond donors (Lipinski definition) is 0. The van der Waals surface area contributed by atoms with Gasteiger partial charge < -0.3 is 42.6 Å². The van der Waals surface area contributed by atoms with E-state index in [9.17, 15) is 14.9 Å². The molecule has 0 aromatic heterocycles. The second-order valence-corrected chi connectivity index (χ2v) is 13.4. The molecule has 13 nitrogen and oxygen atoms in total. The topological polar surface area (TPSA) is 143 Å². The fourth-order valence-electron chi connectivity index (χ4n) is 6.77. The summed E-state index contributed by atoms with van der Waals surface area (Å²) in [6.45, 7) is 0.0486. The summed E-state index contributed by atoms with van der Waals surface area (Å²) >= 11 is 0. The Kier molecular flexibility index (Phi) is 15.6. The average molecular weight is 794 g/mol. The lowest BCUT2D eigenvalue weighted by Crippen LogP contribution is -2.68. The standard InChI is InChI=1S/C45H47NO12/c1-50-30-55-39-37(53-28-31-16-8-4-9-17-31)38(54-29-32-18-10-5-11-19-32)41(57-44(51-2)34-20-12-6-13-21-34)42(58-45(52-3)35-22-14-7-15-23-35)40(39)56-43(47)33-24-26-36(27-25-33)46(48)49/h4-27,37-42,44-45H,28-30H2,1-3H3/t37-,38-,39+,40+,41+,42+,44?,45?/m0/s1. The molecule has 5 aromatic carbocycles. The Morgan fingerprint density at radius 1 is 0.552 bits per heavy atom. The molecular formula is C45H47NO12. The number of non-ortho nitro benzene ring substituents is 1. The van der Waals surface area contributed by atoms with Crippen LogP contribution in [0.5, 0.6) is 0 Å². The third kappa shape index (κ3) is 11.0. The van der Waals surface area contributed by atoms with Gasteiger partial charge in [0.15, 0.2) is 18.7 Å². The summed E-state index contributed by atoms with van der Waals surface area (Å²) in [5.41, 5.74) is 3.00. The van der Waals surface area contributed by atoms with Gasteiger partial charge in [-0.1, -0.05) is 121 Å². The minimum absolute atomic E-state index is 0.0573. The number of benzene rings is 5. The maximum atomic E-state index is 14.2. The number of nitro benzene ring substituents is 1. The summed E-state index contributed by atoms with van der Waals surface area (Å²) in [6, 6.07) is 43.0. The van der Waals surface area contributed by atoms with Gasteiger partial charge >= 0.3 is 5.97 Å². The van der Waals surface area contributed by atoms with E-state index in [4.69, 9.17) is 42.6 Å². The van der Waals surface area contributed by atoms with Crippen molar-refractivity contribution in [3.8, 4) is 0 Å². The third-order valence-corrected chi connectivity index (χ3v) is 9.58. The van der Waals surface area contributed by atoms with E-state index >= 15 is 0 Å². The summed E-state index contributed by atoms with van der Waals surface area (Å²) < 4.78 is 57.6. The number of carbonyl (C=O) groups is 1. The van der Waals surface area contributed by atoms with E-state index in [2.05, 4.69) is 0 Å². The van der Waals surface area contributed by atoms with Gasteiger partial charge in [0.2, 0.25) is 0 Å². The van der Waals surface area contributed by atoms with Crippen LogP contribution in [-0.2, 0) is 55.8 Å². The first-order valence-corrected chi connectivity index (χ1v) is 18.7. The van der Waals surface area contributed by atoms with Crippen molar-refractivity contribution < 1.29 is 52.3 Å². The van der Waals surface area contributed by atoms with Crippen LogP contribution in [0.2, 0.25) is 0 Å². The van der Waals surface area contributed by atoms with Crippen molar-refractivity contribution in [3.63, 3.8) is 0 Å². The Hall–Kier alpha value is -5.35. The predicted octanol–water partition coefficient (Wildman–Crippen LogP) is 7.75. The van der Waals surface area contributed by atoms with Crippen molar-refractivity contribution >= 4 is 11.7 Å². The van der Waals surface area contributed by atoms with E-state index in [1.165, 1.54) is 45.6 Å². The summed E-state index contributed by atoms with van der Waals surface area (Å²) in [4.78, 5) is 25.1. The van der Waals surface area contributed by atoms with Crippen LogP contribution >= 0.6 is 0 Å². The zero-order chi connectivity index (χ0) is 40.7. The van der Waals surface area contributed by atoms with E-state index < -0.39 is 60.1 Å². The minimum Gasteiger partial charge on any atom is -0.453 e. The molecule has 0 amide bonds. The molecule has 304 valence electrons. The fraction of sp³-hybridized carbons (Fsp3) is 0.311. The summed E-state index contributed by atoms with van der Waals surface area (Å²) in [5, 5.41) is 11.4. The van der Waals surface area contributed by atoms with Crippen molar-refractivity contribution in [3.05, 3.63) is 184 Å². The van der Waals surface area contributed by atoms with Crippen LogP contribution in [0.4, 0.5) is 5.69 Å². The lowest BCUT2D eigenvalue weighted by molar-refractivity contribution is -0.384. The molecule has 1 saturated carbocycles. The highest BCUT2D eigenvalue weighted by Gasteiger charge is 2.57. The molecule has 0 bridgehead atoms. The molecule has 58 heavy (non-hydrogen) atoms. The third-order valence-electron chi connectivity index (χ3n) is 9.58. The van der Waals surface area contributed by atoms with Gasteiger partial charge in [-0.15, -0.1) is 0 Å². The Balaban J connectivity index is 1.50. The van der Waals surface area contributed by atoms with E-state index in [1.54, 1.807) is 0 Å². The summed E-state index contributed by atoms with van der Waals surface area (Å²) in [7, 11) is 4.51. The first-order chi connectivity index (χ1) is 28.4. The first kappa shape index (κ1) is 42.3. The lowest BCUT2D eigenvalue weighted by atomic mass is 9.83.